The first-order chi connectivity index (χ1) is 10.5. The molecule has 4 nitrogen and oxygen atoms in total. The molecule has 0 saturated carbocycles. The number of likely N-dealkylation sites (N-methyl/N-ethyl adjacent to an activating group) is 1. The molecule has 0 aromatic heterocycles. The lowest BCUT2D eigenvalue weighted by molar-refractivity contribution is -0.122. The standard InChI is InChI=1S/C17H28ClN3O/c1-4-9-15(19)17(22)20-12-16(21(5-2)6-3)13-10-7-8-11-14(13)18/h7-8,10-11,15-16H,4-6,9,12,19H2,1-3H3,(H,20,22). The Morgan fingerprint density at radius 2 is 1.91 bits per heavy atom. The molecular formula is C17H28ClN3O. The first-order valence-electron chi connectivity index (χ1n) is 8.06. The van der Waals surface area contributed by atoms with E-state index in [-0.39, 0.29) is 11.9 Å². The van der Waals surface area contributed by atoms with Crippen molar-refractivity contribution in [3.05, 3.63) is 34.9 Å². The SMILES string of the molecule is CCCC(N)C(=O)NCC(c1ccccc1Cl)N(CC)CC. The molecule has 0 spiro atoms. The number of nitrogens with two attached hydrogens (primary N) is 1. The van der Waals surface area contributed by atoms with Crippen molar-refractivity contribution < 1.29 is 4.79 Å². The first kappa shape index (κ1) is 18.9. The second kappa shape index (κ2) is 9.82. The maximum atomic E-state index is 12.1. The average molecular weight is 326 g/mol. The van der Waals surface area contributed by atoms with Crippen molar-refractivity contribution in [3.8, 4) is 0 Å². The lowest BCUT2D eigenvalue weighted by Gasteiger charge is -2.31. The van der Waals surface area contributed by atoms with Gasteiger partial charge in [0.15, 0.2) is 0 Å². The van der Waals surface area contributed by atoms with Gasteiger partial charge in [-0.05, 0) is 31.1 Å². The van der Waals surface area contributed by atoms with Crippen LogP contribution in [0.15, 0.2) is 24.3 Å². The third-order valence-corrected chi connectivity index (χ3v) is 4.27. The Labute approximate surface area is 139 Å². The molecular weight excluding hydrogens is 298 g/mol. The number of carbonyl (C=O) groups excluding carboxylic acids is 1. The summed E-state index contributed by atoms with van der Waals surface area (Å²) < 4.78 is 0. The fraction of sp³-hybridized carbons (Fsp3) is 0.588. The highest BCUT2D eigenvalue weighted by Crippen LogP contribution is 2.26. The smallest absolute Gasteiger partial charge is 0.236 e. The fourth-order valence-electron chi connectivity index (χ4n) is 2.62. The van der Waals surface area contributed by atoms with Gasteiger partial charge in [-0.15, -0.1) is 0 Å². The molecule has 1 aromatic rings. The van der Waals surface area contributed by atoms with E-state index in [2.05, 4.69) is 24.1 Å². The van der Waals surface area contributed by atoms with Gasteiger partial charge in [0.05, 0.1) is 12.1 Å². The van der Waals surface area contributed by atoms with Gasteiger partial charge in [-0.25, -0.2) is 0 Å². The zero-order valence-corrected chi connectivity index (χ0v) is 14.6. The van der Waals surface area contributed by atoms with Crippen molar-refractivity contribution in [2.45, 2.75) is 45.7 Å². The van der Waals surface area contributed by atoms with Crippen LogP contribution in [0.2, 0.25) is 5.02 Å². The molecule has 0 heterocycles. The third kappa shape index (κ3) is 5.27. The highest BCUT2D eigenvalue weighted by molar-refractivity contribution is 6.31. The van der Waals surface area contributed by atoms with Gasteiger partial charge in [0.1, 0.15) is 0 Å². The van der Waals surface area contributed by atoms with Crippen LogP contribution in [0.1, 0.15) is 45.2 Å². The number of rotatable bonds is 9. The van der Waals surface area contributed by atoms with Crippen LogP contribution in [-0.2, 0) is 4.79 Å². The molecule has 0 radical (unpaired) electrons. The van der Waals surface area contributed by atoms with E-state index in [9.17, 15) is 4.79 Å². The molecule has 1 rings (SSSR count). The largest absolute Gasteiger partial charge is 0.353 e. The highest BCUT2D eigenvalue weighted by Gasteiger charge is 2.22. The number of carbonyl (C=O) groups is 1. The van der Waals surface area contributed by atoms with Crippen LogP contribution in [0.25, 0.3) is 0 Å². The van der Waals surface area contributed by atoms with Crippen LogP contribution in [0.5, 0.6) is 0 Å². The van der Waals surface area contributed by atoms with E-state index in [0.717, 1.165) is 30.1 Å². The number of hydrogen-bond acceptors (Lipinski definition) is 3. The normalized spacial score (nSPS) is 13.9. The first-order valence-corrected chi connectivity index (χ1v) is 8.44. The van der Waals surface area contributed by atoms with Crippen LogP contribution >= 0.6 is 11.6 Å². The summed E-state index contributed by atoms with van der Waals surface area (Å²) in [6.07, 6.45) is 1.60. The van der Waals surface area contributed by atoms with Crippen LogP contribution in [0.4, 0.5) is 0 Å². The summed E-state index contributed by atoms with van der Waals surface area (Å²) in [7, 11) is 0. The van der Waals surface area contributed by atoms with Gasteiger partial charge in [-0.2, -0.15) is 0 Å². The molecule has 0 aliphatic carbocycles. The molecule has 1 amide bonds. The maximum Gasteiger partial charge on any atom is 0.236 e. The van der Waals surface area contributed by atoms with E-state index in [4.69, 9.17) is 17.3 Å². The van der Waals surface area contributed by atoms with Gasteiger partial charge in [0.25, 0.3) is 0 Å². The zero-order valence-electron chi connectivity index (χ0n) is 13.8. The molecule has 0 aliphatic rings. The number of hydrogen-bond donors (Lipinski definition) is 2. The van der Waals surface area contributed by atoms with Gasteiger partial charge in [0, 0.05) is 11.6 Å². The fourth-order valence-corrected chi connectivity index (χ4v) is 2.88. The van der Waals surface area contributed by atoms with Gasteiger partial charge in [-0.1, -0.05) is 57.0 Å². The minimum Gasteiger partial charge on any atom is -0.353 e. The molecule has 0 fully saturated rings. The Balaban J connectivity index is 2.84. The molecule has 2 unspecified atom stereocenters. The number of nitrogens with zero attached hydrogens (tertiary/aromatic N) is 1. The summed E-state index contributed by atoms with van der Waals surface area (Å²) in [5.41, 5.74) is 6.91. The second-order valence-electron chi connectivity index (χ2n) is 5.40. The molecule has 0 aliphatic heterocycles. The topological polar surface area (TPSA) is 58.4 Å². The van der Waals surface area contributed by atoms with Crippen LogP contribution in [0.3, 0.4) is 0 Å². The molecule has 22 heavy (non-hydrogen) atoms. The molecule has 5 heteroatoms. The molecule has 124 valence electrons. The highest BCUT2D eigenvalue weighted by atomic mass is 35.5. The van der Waals surface area contributed by atoms with E-state index in [1.165, 1.54) is 0 Å². The Bertz CT molecular complexity index is 463. The van der Waals surface area contributed by atoms with Gasteiger partial charge in [-0.3, -0.25) is 9.69 Å². The Hall–Kier alpha value is -1.10. The van der Waals surface area contributed by atoms with Crippen molar-refractivity contribution in [1.82, 2.24) is 10.2 Å². The van der Waals surface area contributed by atoms with E-state index < -0.39 is 6.04 Å². The second-order valence-corrected chi connectivity index (χ2v) is 5.81. The minimum atomic E-state index is -0.436. The zero-order chi connectivity index (χ0) is 16.5. The van der Waals surface area contributed by atoms with E-state index in [1.54, 1.807) is 0 Å². The summed E-state index contributed by atoms with van der Waals surface area (Å²) in [5, 5.41) is 3.71. The quantitative estimate of drug-likeness (QED) is 0.734. The van der Waals surface area contributed by atoms with Crippen molar-refractivity contribution in [1.29, 1.82) is 0 Å². The number of amides is 1. The summed E-state index contributed by atoms with van der Waals surface area (Å²) in [4.78, 5) is 14.3. The van der Waals surface area contributed by atoms with Crippen molar-refractivity contribution in [3.63, 3.8) is 0 Å². The maximum absolute atomic E-state index is 12.1. The van der Waals surface area contributed by atoms with Gasteiger partial charge >= 0.3 is 0 Å². The predicted octanol–water partition coefficient (Wildman–Crippen LogP) is 2.97. The van der Waals surface area contributed by atoms with Crippen LogP contribution in [-0.4, -0.2) is 36.5 Å². The number of benzene rings is 1. The van der Waals surface area contributed by atoms with E-state index >= 15 is 0 Å². The molecule has 1 aromatic carbocycles. The third-order valence-electron chi connectivity index (χ3n) is 3.92. The number of halogens is 1. The van der Waals surface area contributed by atoms with Gasteiger partial charge in [0.2, 0.25) is 5.91 Å². The van der Waals surface area contributed by atoms with E-state index in [0.29, 0.717) is 13.0 Å². The summed E-state index contributed by atoms with van der Waals surface area (Å²) in [5.74, 6) is -0.0916. The molecule has 0 bridgehead atoms. The summed E-state index contributed by atoms with van der Waals surface area (Å²) in [6, 6.07) is 7.42. The lowest BCUT2D eigenvalue weighted by atomic mass is 10.0. The van der Waals surface area contributed by atoms with Gasteiger partial charge < -0.3 is 11.1 Å². The van der Waals surface area contributed by atoms with Crippen molar-refractivity contribution in [2.75, 3.05) is 19.6 Å². The Kier molecular flexibility index (Phi) is 8.46. The molecule has 3 N–H and O–H groups in total. The Morgan fingerprint density at radius 3 is 2.45 bits per heavy atom. The van der Waals surface area contributed by atoms with Crippen molar-refractivity contribution in [2.24, 2.45) is 5.73 Å². The Morgan fingerprint density at radius 1 is 1.27 bits per heavy atom. The monoisotopic (exact) mass is 325 g/mol. The van der Waals surface area contributed by atoms with Crippen LogP contribution in [0, 0.1) is 0 Å². The predicted molar refractivity (Wildman–Crippen MR) is 93.0 cm³/mol. The number of nitrogens with one attached hydrogen (secondary N) is 1. The minimum absolute atomic E-state index is 0.0569. The molecule has 2 atom stereocenters. The summed E-state index contributed by atoms with van der Waals surface area (Å²) in [6.45, 7) is 8.54. The van der Waals surface area contributed by atoms with E-state index in [1.807, 2.05) is 31.2 Å². The summed E-state index contributed by atoms with van der Waals surface area (Å²) >= 11 is 6.34. The average Bonchev–Trinajstić information content (AvgIpc) is 2.52. The van der Waals surface area contributed by atoms with Crippen molar-refractivity contribution >= 4 is 17.5 Å². The van der Waals surface area contributed by atoms with Crippen LogP contribution < -0.4 is 11.1 Å². The molecule has 0 saturated heterocycles. The lowest BCUT2D eigenvalue weighted by Crippen LogP contribution is -2.44.